The summed E-state index contributed by atoms with van der Waals surface area (Å²) in [4.78, 5) is 11.7. The Morgan fingerprint density at radius 3 is 2.83 bits per heavy atom. The van der Waals surface area contributed by atoms with E-state index in [1.165, 1.54) is 16.8 Å². The third-order valence-corrected chi connectivity index (χ3v) is 4.92. The zero-order valence-electron chi connectivity index (χ0n) is 12.4. The number of carbonyl (C=O) groups excluding carboxylic acids is 1. The van der Waals surface area contributed by atoms with Gasteiger partial charge in [-0.1, -0.05) is 65.5 Å². The predicted octanol–water partition coefficient (Wildman–Crippen LogP) is 3.69. The molecule has 1 amide bonds. The van der Waals surface area contributed by atoms with Crippen LogP contribution >= 0.6 is 24.0 Å². The average Bonchev–Trinajstić information content (AvgIpc) is 3.17. The van der Waals surface area contributed by atoms with Crippen LogP contribution in [0.2, 0.25) is 0 Å². The Hall–Kier alpha value is -2.51. The maximum absolute atomic E-state index is 11.7. The van der Waals surface area contributed by atoms with Crippen LogP contribution in [0.3, 0.4) is 0 Å². The standard InChI is InChI=1S/C17H11N3O2S2/c21-15-10-24-17(23)20(15)18-9-11-6-7-14-13(8-11)16(22-19-14)12-4-2-1-3-5-12/h1-9H,10H2/b18-9+. The number of aromatic nitrogens is 1. The van der Waals surface area contributed by atoms with Crippen molar-refractivity contribution >= 4 is 51.3 Å². The number of thiocarbonyl (C=S) groups is 1. The Labute approximate surface area is 147 Å². The Bertz CT molecular complexity index is 950. The van der Waals surface area contributed by atoms with Crippen molar-refractivity contribution in [2.45, 2.75) is 0 Å². The molecule has 2 aromatic carbocycles. The fourth-order valence-electron chi connectivity index (χ4n) is 2.42. The molecule has 0 bridgehead atoms. The number of nitrogens with zero attached hydrogens (tertiary/aromatic N) is 3. The van der Waals surface area contributed by atoms with Crippen LogP contribution in [0.5, 0.6) is 0 Å². The molecule has 1 aliphatic rings. The summed E-state index contributed by atoms with van der Waals surface area (Å²) in [5.41, 5.74) is 2.58. The second-order valence-corrected chi connectivity index (χ2v) is 6.77. The molecule has 1 fully saturated rings. The van der Waals surface area contributed by atoms with Crippen LogP contribution in [0, 0.1) is 0 Å². The molecular formula is C17H11N3O2S2. The highest BCUT2D eigenvalue weighted by molar-refractivity contribution is 8.23. The minimum atomic E-state index is -0.0997. The van der Waals surface area contributed by atoms with Crippen molar-refractivity contribution < 1.29 is 9.32 Å². The largest absolute Gasteiger partial charge is 0.355 e. The van der Waals surface area contributed by atoms with Gasteiger partial charge in [0.15, 0.2) is 10.1 Å². The van der Waals surface area contributed by atoms with E-state index in [9.17, 15) is 4.79 Å². The predicted molar refractivity (Wildman–Crippen MR) is 98.9 cm³/mol. The molecule has 7 heteroatoms. The van der Waals surface area contributed by atoms with E-state index in [4.69, 9.17) is 16.7 Å². The number of carbonyl (C=O) groups is 1. The molecule has 1 aliphatic heterocycles. The highest BCUT2D eigenvalue weighted by Crippen LogP contribution is 2.29. The number of fused-ring (bicyclic) bond motifs is 1. The Morgan fingerprint density at radius 1 is 1.25 bits per heavy atom. The molecule has 24 heavy (non-hydrogen) atoms. The number of thioether (sulfide) groups is 1. The van der Waals surface area contributed by atoms with Gasteiger partial charge in [0.05, 0.1) is 17.4 Å². The van der Waals surface area contributed by atoms with Gasteiger partial charge >= 0.3 is 0 Å². The molecule has 3 aromatic rings. The Kier molecular flexibility index (Phi) is 3.87. The molecule has 0 radical (unpaired) electrons. The lowest BCUT2D eigenvalue weighted by atomic mass is 10.1. The molecule has 5 nitrogen and oxygen atoms in total. The Morgan fingerprint density at radius 2 is 2.08 bits per heavy atom. The second kappa shape index (κ2) is 6.18. The minimum absolute atomic E-state index is 0.0997. The summed E-state index contributed by atoms with van der Waals surface area (Å²) in [7, 11) is 0. The van der Waals surface area contributed by atoms with Crippen LogP contribution in [0.4, 0.5) is 0 Å². The Balaban J connectivity index is 1.70. The fourth-order valence-corrected chi connectivity index (χ4v) is 3.39. The van der Waals surface area contributed by atoms with Gasteiger partial charge in [0.2, 0.25) is 0 Å². The van der Waals surface area contributed by atoms with E-state index in [2.05, 4.69) is 10.3 Å². The number of hydrogen-bond acceptors (Lipinski definition) is 6. The first-order valence-electron chi connectivity index (χ1n) is 7.21. The van der Waals surface area contributed by atoms with E-state index in [1.54, 1.807) is 6.21 Å². The van der Waals surface area contributed by atoms with Crippen molar-refractivity contribution in [1.82, 2.24) is 10.2 Å². The number of hydrazone groups is 1. The van der Waals surface area contributed by atoms with Gasteiger partial charge in [-0.05, 0) is 17.7 Å². The van der Waals surface area contributed by atoms with Gasteiger partial charge in [-0.15, -0.1) is 0 Å². The third-order valence-electron chi connectivity index (χ3n) is 3.59. The topological polar surface area (TPSA) is 58.7 Å². The SMILES string of the molecule is O=C1CSC(=S)N1/N=C/c1ccc2noc(-c3ccccc3)c2c1. The lowest BCUT2D eigenvalue weighted by molar-refractivity contribution is -0.123. The van der Waals surface area contributed by atoms with E-state index in [1.807, 2.05) is 48.5 Å². The van der Waals surface area contributed by atoms with Gasteiger partial charge < -0.3 is 4.52 Å². The van der Waals surface area contributed by atoms with Crippen LogP contribution in [0.15, 0.2) is 58.2 Å². The van der Waals surface area contributed by atoms with Crippen molar-refractivity contribution in [3.05, 3.63) is 54.1 Å². The maximum atomic E-state index is 11.7. The molecule has 0 atom stereocenters. The van der Waals surface area contributed by atoms with Gasteiger partial charge in [-0.3, -0.25) is 4.79 Å². The molecule has 0 saturated carbocycles. The van der Waals surface area contributed by atoms with Crippen LogP contribution in [-0.4, -0.2) is 32.4 Å². The molecule has 1 aromatic heterocycles. The van der Waals surface area contributed by atoms with Crippen LogP contribution < -0.4 is 0 Å². The molecule has 0 unspecified atom stereocenters. The van der Waals surface area contributed by atoms with Crippen molar-refractivity contribution in [2.24, 2.45) is 5.10 Å². The second-order valence-electron chi connectivity index (χ2n) is 5.16. The number of hydrogen-bond donors (Lipinski definition) is 0. The first kappa shape index (κ1) is 15.0. The van der Waals surface area contributed by atoms with Crippen LogP contribution in [0.25, 0.3) is 22.2 Å². The summed E-state index contributed by atoms with van der Waals surface area (Å²) >= 11 is 6.43. The van der Waals surface area contributed by atoms with Gasteiger partial charge in [0, 0.05) is 5.56 Å². The summed E-state index contributed by atoms with van der Waals surface area (Å²) in [5, 5.41) is 10.4. The highest BCUT2D eigenvalue weighted by atomic mass is 32.2. The van der Waals surface area contributed by atoms with Crippen molar-refractivity contribution in [1.29, 1.82) is 0 Å². The van der Waals surface area contributed by atoms with E-state index >= 15 is 0 Å². The van der Waals surface area contributed by atoms with E-state index in [-0.39, 0.29) is 5.91 Å². The molecule has 118 valence electrons. The molecule has 1 saturated heterocycles. The summed E-state index contributed by atoms with van der Waals surface area (Å²) in [6.45, 7) is 0. The molecule has 2 heterocycles. The summed E-state index contributed by atoms with van der Waals surface area (Å²) in [6, 6.07) is 15.5. The number of amides is 1. The first-order chi connectivity index (χ1) is 11.7. The van der Waals surface area contributed by atoms with Crippen LogP contribution in [-0.2, 0) is 4.79 Å². The van der Waals surface area contributed by atoms with Gasteiger partial charge in [-0.25, -0.2) is 0 Å². The van der Waals surface area contributed by atoms with Crippen molar-refractivity contribution in [2.75, 3.05) is 5.75 Å². The van der Waals surface area contributed by atoms with E-state index in [0.717, 1.165) is 22.0 Å². The molecule has 0 aliphatic carbocycles. The summed E-state index contributed by atoms with van der Waals surface area (Å²) in [6.07, 6.45) is 1.62. The lowest BCUT2D eigenvalue weighted by Crippen LogP contribution is -2.22. The minimum Gasteiger partial charge on any atom is -0.355 e. The number of benzene rings is 2. The van der Waals surface area contributed by atoms with Crippen LogP contribution in [0.1, 0.15) is 5.56 Å². The summed E-state index contributed by atoms with van der Waals surface area (Å²) in [5.74, 6) is 0.959. The summed E-state index contributed by atoms with van der Waals surface area (Å²) < 4.78 is 5.96. The fraction of sp³-hybridized carbons (Fsp3) is 0.0588. The number of rotatable bonds is 3. The van der Waals surface area contributed by atoms with Gasteiger partial charge in [0.1, 0.15) is 5.52 Å². The maximum Gasteiger partial charge on any atom is 0.259 e. The quantitative estimate of drug-likeness (QED) is 0.531. The highest BCUT2D eigenvalue weighted by Gasteiger charge is 2.25. The smallest absolute Gasteiger partial charge is 0.259 e. The molecule has 0 N–H and O–H groups in total. The third kappa shape index (κ3) is 2.72. The zero-order valence-corrected chi connectivity index (χ0v) is 14.0. The lowest BCUT2D eigenvalue weighted by Gasteiger charge is -2.06. The van der Waals surface area contributed by atoms with Crippen molar-refractivity contribution in [3.63, 3.8) is 0 Å². The first-order valence-corrected chi connectivity index (χ1v) is 8.60. The normalized spacial score (nSPS) is 15.1. The molecule has 0 spiro atoms. The zero-order chi connectivity index (χ0) is 16.5. The van der Waals surface area contributed by atoms with Crippen molar-refractivity contribution in [3.8, 4) is 11.3 Å². The van der Waals surface area contributed by atoms with E-state index in [0.29, 0.717) is 15.8 Å². The molecule has 4 rings (SSSR count). The molecular weight excluding hydrogens is 342 g/mol. The monoisotopic (exact) mass is 353 g/mol. The van der Waals surface area contributed by atoms with Gasteiger partial charge in [-0.2, -0.15) is 10.1 Å². The van der Waals surface area contributed by atoms with E-state index < -0.39 is 0 Å². The average molecular weight is 353 g/mol. The van der Waals surface area contributed by atoms with Gasteiger partial charge in [0.25, 0.3) is 5.91 Å².